The average molecular weight is 303 g/mol. The van der Waals surface area contributed by atoms with Gasteiger partial charge in [0, 0.05) is 23.3 Å². The highest BCUT2D eigenvalue weighted by atomic mass is 16.2. The van der Waals surface area contributed by atoms with Crippen LogP contribution >= 0.6 is 0 Å². The van der Waals surface area contributed by atoms with E-state index in [0.29, 0.717) is 6.54 Å². The van der Waals surface area contributed by atoms with E-state index >= 15 is 0 Å². The van der Waals surface area contributed by atoms with Crippen molar-refractivity contribution in [2.75, 3.05) is 17.2 Å². The first-order chi connectivity index (χ1) is 10.2. The van der Waals surface area contributed by atoms with Crippen LogP contribution in [0.1, 0.15) is 27.7 Å². The van der Waals surface area contributed by atoms with Crippen molar-refractivity contribution in [1.29, 1.82) is 0 Å². The Bertz CT molecular complexity index is 530. The molecule has 5 nitrogen and oxygen atoms in total. The van der Waals surface area contributed by atoms with E-state index in [-0.39, 0.29) is 17.9 Å². The van der Waals surface area contributed by atoms with Crippen LogP contribution in [0.3, 0.4) is 0 Å². The summed E-state index contributed by atoms with van der Waals surface area (Å²) in [6, 6.07) is 6.92. The third-order valence-electron chi connectivity index (χ3n) is 3.02. The lowest BCUT2D eigenvalue weighted by Crippen LogP contribution is -2.37. The Morgan fingerprint density at radius 1 is 1.18 bits per heavy atom. The molecule has 0 aliphatic rings. The highest BCUT2D eigenvalue weighted by Gasteiger charge is 2.21. The third-order valence-corrected chi connectivity index (χ3v) is 3.02. The van der Waals surface area contributed by atoms with Crippen molar-refractivity contribution in [3.63, 3.8) is 0 Å². The SMILES string of the molecule is C=CCNC(=O)C(C)Nc1ccc(NC(=O)C(C)(C)C)cc1. The number of carbonyl (C=O) groups is 2. The van der Waals surface area contributed by atoms with Crippen molar-refractivity contribution in [2.24, 2.45) is 5.41 Å². The Morgan fingerprint density at radius 2 is 1.73 bits per heavy atom. The van der Waals surface area contributed by atoms with Gasteiger partial charge in [0.2, 0.25) is 11.8 Å². The Kier molecular flexibility index (Phi) is 6.16. The van der Waals surface area contributed by atoms with Gasteiger partial charge in [-0.3, -0.25) is 9.59 Å². The zero-order valence-corrected chi connectivity index (χ0v) is 13.7. The summed E-state index contributed by atoms with van der Waals surface area (Å²) in [7, 11) is 0. The van der Waals surface area contributed by atoms with Crippen LogP contribution in [0.4, 0.5) is 11.4 Å². The molecule has 5 heteroatoms. The minimum absolute atomic E-state index is 0.0367. The number of hydrogen-bond donors (Lipinski definition) is 3. The van der Waals surface area contributed by atoms with Crippen molar-refractivity contribution in [3.05, 3.63) is 36.9 Å². The number of rotatable bonds is 6. The van der Waals surface area contributed by atoms with Crippen molar-refractivity contribution in [3.8, 4) is 0 Å². The molecule has 1 atom stereocenters. The molecule has 22 heavy (non-hydrogen) atoms. The van der Waals surface area contributed by atoms with Crippen LogP contribution < -0.4 is 16.0 Å². The highest BCUT2D eigenvalue weighted by molar-refractivity contribution is 5.94. The van der Waals surface area contributed by atoms with Gasteiger partial charge in [-0.05, 0) is 31.2 Å². The van der Waals surface area contributed by atoms with Crippen LogP contribution in [0.5, 0.6) is 0 Å². The van der Waals surface area contributed by atoms with E-state index < -0.39 is 5.41 Å². The standard InChI is InChI=1S/C17H25N3O2/c1-6-11-18-15(21)12(2)19-13-7-9-14(10-8-13)20-16(22)17(3,4)5/h6-10,12,19H,1,11H2,2-5H3,(H,18,21)(H,20,22). The first-order valence-electron chi connectivity index (χ1n) is 7.30. The van der Waals surface area contributed by atoms with Gasteiger partial charge in [-0.25, -0.2) is 0 Å². The van der Waals surface area contributed by atoms with Gasteiger partial charge >= 0.3 is 0 Å². The van der Waals surface area contributed by atoms with Gasteiger partial charge < -0.3 is 16.0 Å². The second-order valence-electron chi connectivity index (χ2n) is 6.18. The van der Waals surface area contributed by atoms with E-state index in [9.17, 15) is 9.59 Å². The highest BCUT2D eigenvalue weighted by Crippen LogP contribution is 2.19. The summed E-state index contributed by atoms with van der Waals surface area (Å²) in [5.41, 5.74) is 1.11. The van der Waals surface area contributed by atoms with Gasteiger partial charge in [-0.1, -0.05) is 26.8 Å². The number of benzene rings is 1. The zero-order chi connectivity index (χ0) is 16.8. The second kappa shape index (κ2) is 7.64. The molecule has 0 aliphatic heterocycles. The van der Waals surface area contributed by atoms with Crippen LogP contribution in [0.2, 0.25) is 0 Å². The molecule has 0 saturated heterocycles. The second-order valence-corrected chi connectivity index (χ2v) is 6.18. The van der Waals surface area contributed by atoms with Crippen LogP contribution in [0, 0.1) is 5.41 Å². The van der Waals surface area contributed by atoms with Gasteiger partial charge in [-0.2, -0.15) is 0 Å². The number of carbonyl (C=O) groups excluding carboxylic acids is 2. The molecule has 1 aromatic rings. The van der Waals surface area contributed by atoms with E-state index in [1.54, 1.807) is 25.1 Å². The minimum atomic E-state index is -0.436. The molecule has 120 valence electrons. The fourth-order valence-electron chi connectivity index (χ4n) is 1.61. The Morgan fingerprint density at radius 3 is 2.23 bits per heavy atom. The maximum Gasteiger partial charge on any atom is 0.242 e. The summed E-state index contributed by atoms with van der Waals surface area (Å²) in [4.78, 5) is 23.6. The maximum atomic E-state index is 11.9. The molecule has 0 aromatic heterocycles. The lowest BCUT2D eigenvalue weighted by molar-refractivity contribution is -0.123. The first kappa shape index (κ1) is 17.8. The number of nitrogens with one attached hydrogen (secondary N) is 3. The monoisotopic (exact) mass is 303 g/mol. The van der Waals surface area contributed by atoms with E-state index in [1.807, 2.05) is 32.9 Å². The Labute approximate surface area is 132 Å². The zero-order valence-electron chi connectivity index (χ0n) is 13.7. The summed E-state index contributed by atoms with van der Waals surface area (Å²) < 4.78 is 0. The molecule has 1 unspecified atom stereocenters. The predicted molar refractivity (Wildman–Crippen MR) is 90.8 cm³/mol. The fourth-order valence-corrected chi connectivity index (χ4v) is 1.61. The Balaban J connectivity index is 2.60. The summed E-state index contributed by atoms with van der Waals surface area (Å²) in [5.74, 6) is -0.129. The van der Waals surface area contributed by atoms with Crippen LogP contribution in [0.15, 0.2) is 36.9 Å². The molecule has 0 aliphatic carbocycles. The van der Waals surface area contributed by atoms with Crippen LogP contribution in [-0.4, -0.2) is 24.4 Å². The molecular formula is C17H25N3O2. The number of hydrogen-bond acceptors (Lipinski definition) is 3. The predicted octanol–water partition coefficient (Wildman–Crippen LogP) is 2.77. The minimum Gasteiger partial charge on any atom is -0.374 e. The quantitative estimate of drug-likeness (QED) is 0.708. The van der Waals surface area contributed by atoms with Gasteiger partial charge in [0.25, 0.3) is 0 Å². The summed E-state index contributed by atoms with van der Waals surface area (Å²) in [6.45, 7) is 11.4. The molecule has 0 saturated carbocycles. The molecule has 0 spiro atoms. The van der Waals surface area contributed by atoms with Crippen molar-refractivity contribution in [2.45, 2.75) is 33.7 Å². The fraction of sp³-hybridized carbons (Fsp3) is 0.412. The lowest BCUT2D eigenvalue weighted by atomic mass is 9.95. The molecule has 0 radical (unpaired) electrons. The lowest BCUT2D eigenvalue weighted by Gasteiger charge is -2.18. The molecular weight excluding hydrogens is 278 g/mol. The molecule has 1 rings (SSSR count). The van der Waals surface area contributed by atoms with Crippen LogP contribution in [0.25, 0.3) is 0 Å². The number of amides is 2. The Hall–Kier alpha value is -2.30. The largest absolute Gasteiger partial charge is 0.374 e. The van der Waals surface area contributed by atoms with Gasteiger partial charge in [-0.15, -0.1) is 6.58 Å². The van der Waals surface area contributed by atoms with E-state index in [0.717, 1.165) is 11.4 Å². The smallest absolute Gasteiger partial charge is 0.242 e. The molecule has 0 bridgehead atoms. The van der Waals surface area contributed by atoms with Crippen molar-refractivity contribution < 1.29 is 9.59 Å². The van der Waals surface area contributed by atoms with Gasteiger partial charge in [0.15, 0.2) is 0 Å². The summed E-state index contributed by atoms with van der Waals surface area (Å²) >= 11 is 0. The summed E-state index contributed by atoms with van der Waals surface area (Å²) in [5, 5.41) is 8.69. The first-order valence-corrected chi connectivity index (χ1v) is 7.30. The van der Waals surface area contributed by atoms with E-state index in [2.05, 4.69) is 22.5 Å². The van der Waals surface area contributed by atoms with Crippen molar-refractivity contribution in [1.82, 2.24) is 5.32 Å². The molecule has 1 aromatic carbocycles. The van der Waals surface area contributed by atoms with Crippen molar-refractivity contribution >= 4 is 23.2 Å². The molecule has 0 heterocycles. The number of anilines is 2. The van der Waals surface area contributed by atoms with E-state index in [4.69, 9.17) is 0 Å². The third kappa shape index (κ3) is 5.60. The van der Waals surface area contributed by atoms with E-state index in [1.165, 1.54) is 0 Å². The maximum absolute atomic E-state index is 11.9. The summed E-state index contributed by atoms with van der Waals surface area (Å²) in [6.07, 6.45) is 1.64. The molecule has 2 amide bonds. The van der Waals surface area contributed by atoms with Crippen LogP contribution in [-0.2, 0) is 9.59 Å². The normalized spacial score (nSPS) is 12.2. The van der Waals surface area contributed by atoms with Gasteiger partial charge in [0.1, 0.15) is 6.04 Å². The molecule has 0 fully saturated rings. The van der Waals surface area contributed by atoms with Gasteiger partial charge in [0.05, 0.1) is 0 Å². The molecule has 3 N–H and O–H groups in total. The average Bonchev–Trinajstić information content (AvgIpc) is 2.45. The topological polar surface area (TPSA) is 70.2 Å².